The summed E-state index contributed by atoms with van der Waals surface area (Å²) in [7, 11) is 0. The summed E-state index contributed by atoms with van der Waals surface area (Å²) in [5, 5.41) is 20.8. The lowest BCUT2D eigenvalue weighted by molar-refractivity contribution is -0.0552. The smallest absolute Gasteiger partial charge is 0.330 e. The molecule has 1 aromatic rings. The fourth-order valence-electron chi connectivity index (χ4n) is 2.27. The number of aliphatic hydroxyl groups is 2. The average molecular weight is 319 g/mol. The zero-order valence-electron chi connectivity index (χ0n) is 10.8. The van der Waals surface area contributed by atoms with Gasteiger partial charge >= 0.3 is 5.69 Å². The standard InChI is InChI=1S/C12H12ClFN2O5/c1-6-4-8(18)15-11(20)16(6)10-12(14,2-3-13)9(19)7(5-17)21-10/h4,7,9-10,17,19H,5H2,1H3,(H,15,18,20)/t7-,9+,10-,12?/m1/s1. The summed E-state index contributed by atoms with van der Waals surface area (Å²) in [5.41, 5.74) is -4.17. The summed E-state index contributed by atoms with van der Waals surface area (Å²) < 4.78 is 20.9. The molecule has 1 aromatic heterocycles. The Morgan fingerprint density at radius 1 is 1.62 bits per heavy atom. The van der Waals surface area contributed by atoms with Crippen LogP contribution in [-0.2, 0) is 4.74 Å². The minimum absolute atomic E-state index is 0.109. The number of H-pyrrole nitrogens is 1. The van der Waals surface area contributed by atoms with Crippen LogP contribution in [0.25, 0.3) is 0 Å². The van der Waals surface area contributed by atoms with Gasteiger partial charge in [0.05, 0.1) is 6.61 Å². The molecule has 2 rings (SSSR count). The number of nitrogens with one attached hydrogen (secondary N) is 1. The molecule has 3 N–H and O–H groups in total. The van der Waals surface area contributed by atoms with Gasteiger partial charge in [-0.1, -0.05) is 0 Å². The van der Waals surface area contributed by atoms with E-state index in [1.807, 2.05) is 16.3 Å². The Balaban J connectivity index is 2.64. The van der Waals surface area contributed by atoms with Gasteiger partial charge in [0, 0.05) is 17.1 Å². The Labute approximate surface area is 122 Å². The number of nitrogens with zero attached hydrogens (tertiary/aromatic N) is 1. The van der Waals surface area contributed by atoms with E-state index in [0.29, 0.717) is 0 Å². The number of aliphatic hydroxyl groups excluding tert-OH is 2. The van der Waals surface area contributed by atoms with E-state index in [9.17, 15) is 19.1 Å². The molecule has 1 aliphatic heterocycles. The number of halogens is 2. The summed E-state index contributed by atoms with van der Waals surface area (Å²) >= 11 is 5.21. The SMILES string of the molecule is Cc1cc(=O)[nH]c(=O)n1[C@@H]1O[C@H](CO)[C@H](O)C1(F)C#CCl. The molecule has 114 valence electrons. The normalized spacial score (nSPS) is 31.8. The molecule has 4 atom stereocenters. The van der Waals surface area contributed by atoms with Crippen molar-refractivity contribution in [2.45, 2.75) is 31.0 Å². The van der Waals surface area contributed by atoms with Crippen molar-refractivity contribution in [2.75, 3.05) is 6.61 Å². The second-order valence-electron chi connectivity index (χ2n) is 4.59. The lowest BCUT2D eigenvalue weighted by Gasteiger charge is -2.25. The van der Waals surface area contributed by atoms with Crippen molar-refractivity contribution in [1.82, 2.24) is 9.55 Å². The summed E-state index contributed by atoms with van der Waals surface area (Å²) in [6.07, 6.45) is -4.74. The van der Waals surface area contributed by atoms with Gasteiger partial charge in [-0.15, -0.1) is 0 Å². The minimum Gasteiger partial charge on any atom is -0.394 e. The van der Waals surface area contributed by atoms with Crippen molar-refractivity contribution >= 4 is 11.6 Å². The van der Waals surface area contributed by atoms with E-state index in [1.165, 1.54) is 6.92 Å². The van der Waals surface area contributed by atoms with E-state index >= 15 is 0 Å². The van der Waals surface area contributed by atoms with E-state index in [2.05, 4.69) is 0 Å². The molecule has 0 spiro atoms. The Kier molecular flexibility index (Phi) is 4.20. The van der Waals surface area contributed by atoms with Gasteiger partial charge in [0.15, 0.2) is 6.23 Å². The van der Waals surface area contributed by atoms with Crippen molar-refractivity contribution in [1.29, 1.82) is 0 Å². The highest BCUT2D eigenvalue weighted by molar-refractivity contribution is 6.30. The fourth-order valence-corrected chi connectivity index (χ4v) is 2.41. The number of hydrogen-bond donors (Lipinski definition) is 3. The number of alkyl halides is 1. The maximum Gasteiger partial charge on any atom is 0.330 e. The van der Waals surface area contributed by atoms with Crippen LogP contribution < -0.4 is 11.2 Å². The van der Waals surface area contributed by atoms with Gasteiger partial charge in [0.1, 0.15) is 12.2 Å². The lowest BCUT2D eigenvalue weighted by atomic mass is 9.97. The van der Waals surface area contributed by atoms with Crippen LogP contribution in [0, 0.1) is 18.2 Å². The van der Waals surface area contributed by atoms with E-state index in [0.717, 1.165) is 10.6 Å². The van der Waals surface area contributed by atoms with E-state index < -0.39 is 42.0 Å². The molecule has 0 saturated carbocycles. The molecule has 1 unspecified atom stereocenters. The first-order valence-electron chi connectivity index (χ1n) is 5.93. The number of aromatic amines is 1. The van der Waals surface area contributed by atoms with Crippen molar-refractivity contribution in [2.24, 2.45) is 0 Å². The summed E-state index contributed by atoms with van der Waals surface area (Å²) in [6.45, 7) is 0.720. The van der Waals surface area contributed by atoms with Crippen molar-refractivity contribution in [3.05, 3.63) is 32.6 Å². The number of aromatic nitrogens is 2. The largest absolute Gasteiger partial charge is 0.394 e. The molecule has 9 heteroatoms. The third kappa shape index (κ3) is 2.49. The third-order valence-electron chi connectivity index (χ3n) is 3.27. The minimum atomic E-state index is -2.71. The Bertz CT molecular complexity index is 721. The molecule has 1 aliphatic rings. The number of rotatable bonds is 2. The number of hydrogen-bond acceptors (Lipinski definition) is 5. The predicted octanol–water partition coefficient (Wildman–Crippen LogP) is -0.996. The first-order valence-corrected chi connectivity index (χ1v) is 6.31. The third-order valence-corrected chi connectivity index (χ3v) is 3.36. The number of aryl methyl sites for hydroxylation is 1. The summed E-state index contributed by atoms with van der Waals surface area (Å²) in [6, 6.07) is 1.07. The van der Waals surface area contributed by atoms with Crippen LogP contribution in [0.1, 0.15) is 11.9 Å². The van der Waals surface area contributed by atoms with E-state index in [-0.39, 0.29) is 5.69 Å². The van der Waals surface area contributed by atoms with Crippen molar-refractivity contribution < 1.29 is 19.3 Å². The lowest BCUT2D eigenvalue weighted by Crippen LogP contribution is -2.45. The highest BCUT2D eigenvalue weighted by Gasteiger charge is 2.58. The van der Waals surface area contributed by atoms with Crippen LogP contribution in [0.2, 0.25) is 0 Å². The van der Waals surface area contributed by atoms with Gasteiger partial charge in [0.2, 0.25) is 5.67 Å². The van der Waals surface area contributed by atoms with Gasteiger partial charge in [-0.25, -0.2) is 9.18 Å². The molecule has 21 heavy (non-hydrogen) atoms. The maximum atomic E-state index is 15.0. The van der Waals surface area contributed by atoms with E-state index in [1.54, 1.807) is 0 Å². The molecule has 0 bridgehead atoms. The quantitative estimate of drug-likeness (QED) is 0.607. The predicted molar refractivity (Wildman–Crippen MR) is 70.5 cm³/mol. The molecule has 1 fully saturated rings. The summed E-state index contributed by atoms with van der Waals surface area (Å²) in [4.78, 5) is 25.0. The molecule has 0 aliphatic carbocycles. The zero-order chi connectivity index (χ0) is 15.8. The second kappa shape index (κ2) is 5.61. The Morgan fingerprint density at radius 3 is 2.81 bits per heavy atom. The highest BCUT2D eigenvalue weighted by Crippen LogP contribution is 2.41. The van der Waals surface area contributed by atoms with Crippen LogP contribution in [0.5, 0.6) is 0 Å². The summed E-state index contributed by atoms with van der Waals surface area (Å²) in [5.74, 6) is 1.96. The molecule has 0 radical (unpaired) electrons. The van der Waals surface area contributed by atoms with Crippen molar-refractivity contribution in [3.63, 3.8) is 0 Å². The first-order chi connectivity index (χ1) is 9.85. The van der Waals surface area contributed by atoms with Gasteiger partial charge in [-0.2, -0.15) is 0 Å². The first kappa shape index (κ1) is 15.7. The van der Waals surface area contributed by atoms with Crippen LogP contribution in [0.3, 0.4) is 0 Å². The monoisotopic (exact) mass is 318 g/mol. The molecule has 2 heterocycles. The van der Waals surface area contributed by atoms with Crippen LogP contribution in [0.15, 0.2) is 15.7 Å². The van der Waals surface area contributed by atoms with Crippen LogP contribution in [0.4, 0.5) is 4.39 Å². The van der Waals surface area contributed by atoms with Gasteiger partial charge in [-0.3, -0.25) is 14.3 Å². The molecule has 0 amide bonds. The number of ether oxygens (including phenoxy) is 1. The maximum absolute atomic E-state index is 15.0. The highest BCUT2D eigenvalue weighted by atomic mass is 35.5. The van der Waals surface area contributed by atoms with Crippen LogP contribution in [-0.4, -0.2) is 44.2 Å². The average Bonchev–Trinajstić information content (AvgIpc) is 2.63. The molecule has 7 nitrogen and oxygen atoms in total. The fraction of sp³-hybridized carbons (Fsp3) is 0.500. The molecule has 1 saturated heterocycles. The topological polar surface area (TPSA) is 105 Å². The van der Waals surface area contributed by atoms with Gasteiger partial charge < -0.3 is 14.9 Å². The Hall–Kier alpha value is -1.66. The van der Waals surface area contributed by atoms with Crippen LogP contribution >= 0.6 is 11.6 Å². The molecular formula is C12H12ClFN2O5. The van der Waals surface area contributed by atoms with Gasteiger partial charge in [-0.05, 0) is 24.4 Å². The molecular weight excluding hydrogens is 307 g/mol. The van der Waals surface area contributed by atoms with Crippen molar-refractivity contribution in [3.8, 4) is 11.3 Å². The van der Waals surface area contributed by atoms with Gasteiger partial charge in [0.25, 0.3) is 5.56 Å². The molecule has 0 aromatic carbocycles. The zero-order valence-corrected chi connectivity index (χ0v) is 11.6. The second-order valence-corrected chi connectivity index (χ2v) is 4.78. The Morgan fingerprint density at radius 2 is 2.29 bits per heavy atom. The van der Waals surface area contributed by atoms with E-state index in [4.69, 9.17) is 21.4 Å².